The molecule has 0 spiro atoms. The average molecular weight is 350 g/mol. The van der Waals surface area contributed by atoms with Crippen LogP contribution in [0.1, 0.15) is 79.6 Å². The van der Waals surface area contributed by atoms with Gasteiger partial charge < -0.3 is 9.47 Å². The molecule has 4 nitrogen and oxygen atoms in total. The molecule has 0 amide bonds. The molecule has 0 aromatic heterocycles. The standard InChI is InChI=1S/C21H34O4/c1-6-19(2,3)18(23)24-8-7-17(22)25-21(5)15-9-14-10-16(21)13-20(4,11-14)12-15/h14-16H,6-13H2,1-5H3. The van der Waals surface area contributed by atoms with E-state index in [1.165, 1.54) is 32.1 Å². The van der Waals surface area contributed by atoms with Crippen molar-refractivity contribution >= 4 is 11.9 Å². The van der Waals surface area contributed by atoms with Crippen LogP contribution in [0.3, 0.4) is 0 Å². The van der Waals surface area contributed by atoms with Crippen molar-refractivity contribution < 1.29 is 19.1 Å². The molecule has 4 aliphatic carbocycles. The van der Waals surface area contributed by atoms with E-state index >= 15 is 0 Å². The highest BCUT2D eigenvalue weighted by Gasteiger charge is 2.60. The lowest BCUT2D eigenvalue weighted by molar-refractivity contribution is -0.216. The molecule has 0 saturated heterocycles. The largest absolute Gasteiger partial charge is 0.465 e. The Balaban J connectivity index is 1.52. The summed E-state index contributed by atoms with van der Waals surface area (Å²) in [5.74, 6) is 1.36. The van der Waals surface area contributed by atoms with Crippen molar-refractivity contribution in [3.8, 4) is 0 Å². The fourth-order valence-electron chi connectivity index (χ4n) is 5.61. The molecular weight excluding hydrogens is 316 g/mol. The first-order valence-electron chi connectivity index (χ1n) is 9.97. The molecule has 0 aromatic carbocycles. The third-order valence-corrected chi connectivity index (χ3v) is 7.43. The zero-order chi connectivity index (χ0) is 18.5. The van der Waals surface area contributed by atoms with E-state index < -0.39 is 5.41 Å². The van der Waals surface area contributed by atoms with Gasteiger partial charge in [0, 0.05) is 0 Å². The summed E-state index contributed by atoms with van der Waals surface area (Å²) < 4.78 is 11.3. The third-order valence-electron chi connectivity index (χ3n) is 7.43. The van der Waals surface area contributed by atoms with Crippen LogP contribution in [0.5, 0.6) is 0 Å². The van der Waals surface area contributed by atoms with Crippen LogP contribution in [0.25, 0.3) is 0 Å². The van der Waals surface area contributed by atoms with Crippen molar-refractivity contribution in [3.63, 3.8) is 0 Å². The van der Waals surface area contributed by atoms with Gasteiger partial charge in [-0.1, -0.05) is 13.8 Å². The Morgan fingerprint density at radius 1 is 1.08 bits per heavy atom. The minimum Gasteiger partial charge on any atom is -0.465 e. The normalized spacial score (nSPS) is 39.3. The SMILES string of the molecule is CCC(C)(C)C(=O)OCCC(=O)OC1(C)C2CC3CC1CC(C)(C3)C2. The lowest BCUT2D eigenvalue weighted by atomic mass is 9.45. The molecule has 0 aliphatic heterocycles. The molecule has 0 radical (unpaired) electrons. The number of hydrogen-bond donors (Lipinski definition) is 0. The fourth-order valence-corrected chi connectivity index (χ4v) is 5.61. The second kappa shape index (κ2) is 6.28. The summed E-state index contributed by atoms with van der Waals surface area (Å²) in [6.45, 7) is 10.4. The van der Waals surface area contributed by atoms with Gasteiger partial charge in [-0.2, -0.15) is 0 Å². The molecule has 0 aromatic rings. The second-order valence-electron chi connectivity index (χ2n) is 9.94. The molecule has 4 saturated carbocycles. The van der Waals surface area contributed by atoms with Gasteiger partial charge in [0.05, 0.1) is 11.8 Å². The fraction of sp³-hybridized carbons (Fsp3) is 0.905. The van der Waals surface area contributed by atoms with E-state index in [-0.39, 0.29) is 30.6 Å². The topological polar surface area (TPSA) is 52.6 Å². The smallest absolute Gasteiger partial charge is 0.311 e. The maximum absolute atomic E-state index is 12.4. The third kappa shape index (κ3) is 3.46. The molecule has 4 bridgehead atoms. The van der Waals surface area contributed by atoms with Crippen molar-refractivity contribution in [2.75, 3.05) is 6.61 Å². The average Bonchev–Trinajstić information content (AvgIpc) is 2.51. The van der Waals surface area contributed by atoms with Gasteiger partial charge in [0.15, 0.2) is 0 Å². The summed E-state index contributed by atoms with van der Waals surface area (Å²) in [6, 6.07) is 0. The molecule has 2 atom stereocenters. The molecule has 0 N–H and O–H groups in total. The van der Waals surface area contributed by atoms with Gasteiger partial charge in [0.1, 0.15) is 12.2 Å². The Morgan fingerprint density at radius 2 is 1.68 bits per heavy atom. The van der Waals surface area contributed by atoms with Crippen LogP contribution in [0.2, 0.25) is 0 Å². The van der Waals surface area contributed by atoms with Crippen molar-refractivity contribution in [2.45, 2.75) is 85.2 Å². The quantitative estimate of drug-likeness (QED) is 0.662. The molecule has 4 rings (SSSR count). The Bertz CT molecular complexity index is 534. The molecule has 4 aliphatic rings. The summed E-state index contributed by atoms with van der Waals surface area (Å²) in [4.78, 5) is 24.4. The van der Waals surface area contributed by atoms with Crippen LogP contribution in [-0.2, 0) is 19.1 Å². The second-order valence-corrected chi connectivity index (χ2v) is 9.94. The van der Waals surface area contributed by atoms with Gasteiger partial charge in [0.25, 0.3) is 0 Å². The van der Waals surface area contributed by atoms with Crippen molar-refractivity contribution in [3.05, 3.63) is 0 Å². The zero-order valence-electron chi connectivity index (χ0n) is 16.5. The number of carbonyl (C=O) groups is 2. The Kier molecular flexibility index (Phi) is 4.70. The Morgan fingerprint density at radius 3 is 2.20 bits per heavy atom. The van der Waals surface area contributed by atoms with Crippen LogP contribution < -0.4 is 0 Å². The molecule has 2 unspecified atom stereocenters. The minimum atomic E-state index is -0.493. The Labute approximate surface area is 152 Å². The van der Waals surface area contributed by atoms with E-state index in [9.17, 15) is 9.59 Å². The summed E-state index contributed by atoms with van der Waals surface area (Å²) >= 11 is 0. The summed E-state index contributed by atoms with van der Waals surface area (Å²) in [5.41, 5.74) is -0.351. The molecule has 25 heavy (non-hydrogen) atoms. The van der Waals surface area contributed by atoms with Gasteiger partial charge in [-0.15, -0.1) is 0 Å². The van der Waals surface area contributed by atoms with E-state index in [1.54, 1.807) is 0 Å². The number of rotatable bonds is 6. The summed E-state index contributed by atoms with van der Waals surface area (Å²) in [6.07, 6.45) is 7.00. The molecule has 4 heteroatoms. The van der Waals surface area contributed by atoms with Crippen molar-refractivity contribution in [1.29, 1.82) is 0 Å². The van der Waals surface area contributed by atoms with Gasteiger partial charge in [-0.25, -0.2) is 0 Å². The zero-order valence-corrected chi connectivity index (χ0v) is 16.5. The van der Waals surface area contributed by atoms with Gasteiger partial charge in [-0.05, 0) is 82.5 Å². The molecule has 142 valence electrons. The maximum atomic E-state index is 12.4. The minimum absolute atomic E-state index is 0.118. The van der Waals surface area contributed by atoms with Gasteiger partial charge in [0.2, 0.25) is 0 Å². The summed E-state index contributed by atoms with van der Waals surface area (Å²) in [7, 11) is 0. The molecule has 4 fully saturated rings. The molecular formula is C21H34O4. The predicted octanol–water partition coefficient (Wildman–Crippen LogP) is 4.50. The lowest BCUT2D eigenvalue weighted by Gasteiger charge is -2.62. The number of hydrogen-bond acceptors (Lipinski definition) is 4. The first kappa shape index (κ1) is 18.7. The van der Waals surface area contributed by atoms with Gasteiger partial charge in [-0.3, -0.25) is 9.59 Å². The van der Waals surface area contributed by atoms with E-state index in [0.29, 0.717) is 17.3 Å². The van der Waals surface area contributed by atoms with E-state index in [2.05, 4.69) is 13.8 Å². The number of ether oxygens (including phenoxy) is 2. The van der Waals surface area contributed by atoms with Crippen LogP contribution in [-0.4, -0.2) is 24.1 Å². The lowest BCUT2D eigenvalue weighted by Crippen LogP contribution is -2.60. The van der Waals surface area contributed by atoms with E-state index in [0.717, 1.165) is 12.3 Å². The number of carbonyl (C=O) groups excluding carboxylic acids is 2. The number of esters is 2. The monoisotopic (exact) mass is 350 g/mol. The highest BCUT2D eigenvalue weighted by atomic mass is 16.6. The van der Waals surface area contributed by atoms with Crippen LogP contribution in [0, 0.1) is 28.6 Å². The summed E-state index contributed by atoms with van der Waals surface area (Å²) in [5, 5.41) is 0. The molecule has 0 heterocycles. The first-order chi connectivity index (χ1) is 11.6. The maximum Gasteiger partial charge on any atom is 0.311 e. The van der Waals surface area contributed by atoms with Crippen LogP contribution in [0.4, 0.5) is 0 Å². The van der Waals surface area contributed by atoms with Crippen LogP contribution >= 0.6 is 0 Å². The Hall–Kier alpha value is -1.06. The van der Waals surface area contributed by atoms with Crippen molar-refractivity contribution in [1.82, 2.24) is 0 Å². The highest BCUT2D eigenvalue weighted by molar-refractivity contribution is 5.76. The predicted molar refractivity (Wildman–Crippen MR) is 95.8 cm³/mol. The highest BCUT2D eigenvalue weighted by Crippen LogP contribution is 2.64. The first-order valence-corrected chi connectivity index (χ1v) is 9.97. The van der Waals surface area contributed by atoms with Crippen molar-refractivity contribution in [2.24, 2.45) is 28.6 Å². The van der Waals surface area contributed by atoms with E-state index in [4.69, 9.17) is 9.47 Å². The van der Waals surface area contributed by atoms with Crippen LogP contribution in [0.15, 0.2) is 0 Å². The van der Waals surface area contributed by atoms with Gasteiger partial charge >= 0.3 is 11.9 Å². The van der Waals surface area contributed by atoms with E-state index in [1.807, 2.05) is 20.8 Å².